The lowest BCUT2D eigenvalue weighted by atomic mass is 10.3. The van der Waals surface area contributed by atoms with Crippen LogP contribution in [0.15, 0.2) is 5.38 Å². The predicted octanol–water partition coefficient (Wildman–Crippen LogP) is 1.75. The summed E-state index contributed by atoms with van der Waals surface area (Å²) in [6.07, 6.45) is 5.67. The molecule has 0 bridgehead atoms. The summed E-state index contributed by atoms with van der Waals surface area (Å²) < 4.78 is 28.3. The van der Waals surface area contributed by atoms with Crippen molar-refractivity contribution >= 4 is 26.7 Å². The Hall–Kier alpha value is -0.700. The third kappa shape index (κ3) is 4.38. The Labute approximate surface area is 130 Å². The second-order valence-electron chi connectivity index (χ2n) is 5.86. The summed E-state index contributed by atoms with van der Waals surface area (Å²) in [5, 5.41) is 5.81. The van der Waals surface area contributed by atoms with Gasteiger partial charge in [0.2, 0.25) is 0 Å². The summed E-state index contributed by atoms with van der Waals surface area (Å²) in [5.74, 6) is 0.547. The van der Waals surface area contributed by atoms with Gasteiger partial charge >= 0.3 is 10.2 Å². The number of hydrogen-bond acceptors (Lipinski definition) is 5. The van der Waals surface area contributed by atoms with Crippen molar-refractivity contribution in [2.75, 3.05) is 24.9 Å². The molecule has 6 nitrogen and oxygen atoms in total. The lowest BCUT2D eigenvalue weighted by Gasteiger charge is -2.17. The van der Waals surface area contributed by atoms with Crippen molar-refractivity contribution in [1.29, 1.82) is 0 Å². The molecule has 8 heteroatoms. The minimum absolute atomic E-state index is 0.472. The zero-order valence-electron chi connectivity index (χ0n) is 12.2. The smallest absolute Gasteiger partial charge is 0.303 e. The summed E-state index contributed by atoms with van der Waals surface area (Å²) >= 11 is 1.36. The van der Waals surface area contributed by atoms with Gasteiger partial charge in [-0.15, -0.1) is 11.3 Å². The molecule has 2 saturated carbocycles. The van der Waals surface area contributed by atoms with Crippen LogP contribution in [0.25, 0.3) is 0 Å². The highest BCUT2D eigenvalue weighted by Gasteiger charge is 2.27. The molecular weight excluding hydrogens is 308 g/mol. The fourth-order valence-electron chi connectivity index (χ4n) is 2.10. The Balaban J connectivity index is 1.46. The van der Waals surface area contributed by atoms with Gasteiger partial charge in [-0.1, -0.05) is 0 Å². The van der Waals surface area contributed by atoms with E-state index in [1.54, 1.807) is 7.05 Å². The molecule has 0 aliphatic heterocycles. The van der Waals surface area contributed by atoms with Crippen LogP contribution in [0, 0.1) is 0 Å². The van der Waals surface area contributed by atoms with Gasteiger partial charge in [0.25, 0.3) is 0 Å². The molecule has 0 spiro atoms. The molecule has 2 N–H and O–H groups in total. The van der Waals surface area contributed by atoms with Crippen molar-refractivity contribution in [3.05, 3.63) is 11.1 Å². The number of anilines is 1. The van der Waals surface area contributed by atoms with Gasteiger partial charge in [0.15, 0.2) is 5.13 Å². The zero-order valence-corrected chi connectivity index (χ0v) is 13.8. The molecule has 0 saturated heterocycles. The van der Waals surface area contributed by atoms with Gasteiger partial charge in [0.1, 0.15) is 0 Å². The van der Waals surface area contributed by atoms with Crippen LogP contribution in [0.5, 0.6) is 0 Å². The second-order valence-corrected chi connectivity index (χ2v) is 8.50. The SMILES string of the molecule is CN(CCCNC1CC1)S(=O)(=O)Nc1nc(C2CC2)cs1. The monoisotopic (exact) mass is 330 g/mol. The van der Waals surface area contributed by atoms with Crippen LogP contribution >= 0.6 is 11.3 Å². The van der Waals surface area contributed by atoms with Gasteiger partial charge < -0.3 is 5.32 Å². The van der Waals surface area contributed by atoms with Crippen LogP contribution < -0.4 is 10.0 Å². The molecule has 0 aromatic carbocycles. The van der Waals surface area contributed by atoms with Crippen molar-refractivity contribution in [1.82, 2.24) is 14.6 Å². The highest BCUT2D eigenvalue weighted by Crippen LogP contribution is 2.41. The van der Waals surface area contributed by atoms with Gasteiger partial charge in [-0.05, 0) is 38.6 Å². The molecule has 21 heavy (non-hydrogen) atoms. The van der Waals surface area contributed by atoms with E-state index in [0.29, 0.717) is 23.6 Å². The van der Waals surface area contributed by atoms with Crippen molar-refractivity contribution in [2.24, 2.45) is 0 Å². The Morgan fingerprint density at radius 1 is 1.38 bits per heavy atom. The maximum absolute atomic E-state index is 12.2. The number of nitrogens with zero attached hydrogens (tertiary/aromatic N) is 2. The van der Waals surface area contributed by atoms with Crippen molar-refractivity contribution in [2.45, 2.75) is 44.1 Å². The number of aromatic nitrogens is 1. The van der Waals surface area contributed by atoms with Gasteiger partial charge in [-0.25, -0.2) is 9.71 Å². The predicted molar refractivity (Wildman–Crippen MR) is 84.9 cm³/mol. The zero-order chi connectivity index (χ0) is 14.9. The van der Waals surface area contributed by atoms with Gasteiger partial charge in [-0.3, -0.25) is 0 Å². The lowest BCUT2D eigenvalue weighted by Crippen LogP contribution is -2.34. The molecule has 118 valence electrons. The summed E-state index contributed by atoms with van der Waals surface area (Å²) in [5.41, 5.74) is 1.02. The molecule has 0 amide bonds. The maximum atomic E-state index is 12.2. The van der Waals surface area contributed by atoms with Crippen LogP contribution in [0.2, 0.25) is 0 Å². The summed E-state index contributed by atoms with van der Waals surface area (Å²) in [7, 11) is -1.88. The van der Waals surface area contributed by atoms with Crippen LogP contribution in [0.4, 0.5) is 5.13 Å². The van der Waals surface area contributed by atoms with Gasteiger partial charge in [-0.2, -0.15) is 12.7 Å². The van der Waals surface area contributed by atoms with Crippen LogP contribution in [-0.4, -0.2) is 43.9 Å². The number of hydrogen-bond donors (Lipinski definition) is 2. The average Bonchev–Trinajstić information content (AvgIpc) is 3.35. The van der Waals surface area contributed by atoms with Crippen molar-refractivity contribution in [3.63, 3.8) is 0 Å². The van der Waals surface area contributed by atoms with Gasteiger partial charge in [0.05, 0.1) is 5.69 Å². The first-order valence-corrected chi connectivity index (χ1v) is 9.79. The molecule has 0 atom stereocenters. The van der Waals surface area contributed by atoms with E-state index in [1.165, 1.54) is 41.3 Å². The number of thiazole rings is 1. The van der Waals surface area contributed by atoms with E-state index in [4.69, 9.17) is 0 Å². The molecule has 1 aromatic heterocycles. The minimum atomic E-state index is -3.49. The van der Waals surface area contributed by atoms with E-state index < -0.39 is 10.2 Å². The third-order valence-corrected chi connectivity index (χ3v) is 6.16. The van der Waals surface area contributed by atoms with E-state index in [-0.39, 0.29) is 0 Å². The molecule has 1 heterocycles. The number of nitrogens with one attached hydrogen (secondary N) is 2. The van der Waals surface area contributed by atoms with Crippen LogP contribution in [-0.2, 0) is 10.2 Å². The minimum Gasteiger partial charge on any atom is -0.314 e. The first-order valence-electron chi connectivity index (χ1n) is 7.47. The molecule has 1 aromatic rings. The summed E-state index contributed by atoms with van der Waals surface area (Å²) in [6.45, 7) is 1.38. The molecule has 2 fully saturated rings. The maximum Gasteiger partial charge on any atom is 0.303 e. The summed E-state index contributed by atoms with van der Waals surface area (Å²) in [4.78, 5) is 4.36. The molecule has 3 rings (SSSR count). The summed E-state index contributed by atoms with van der Waals surface area (Å²) in [6, 6.07) is 0.668. The first kappa shape index (κ1) is 15.2. The standard InChI is InChI=1S/C13H22N4O2S2/c1-17(8-2-7-14-11-5-6-11)21(18,19)16-13-15-12(9-20-13)10-3-4-10/h9-11,14H,2-8H2,1H3,(H,15,16). The fourth-order valence-corrected chi connectivity index (χ4v) is 4.04. The molecule has 2 aliphatic carbocycles. The quantitative estimate of drug-likeness (QED) is 0.677. The lowest BCUT2D eigenvalue weighted by molar-refractivity contribution is 0.458. The molecule has 0 radical (unpaired) electrons. The highest BCUT2D eigenvalue weighted by molar-refractivity contribution is 7.90. The average molecular weight is 330 g/mol. The van der Waals surface area contributed by atoms with E-state index in [2.05, 4.69) is 15.0 Å². The van der Waals surface area contributed by atoms with Crippen LogP contribution in [0.3, 0.4) is 0 Å². The fraction of sp³-hybridized carbons (Fsp3) is 0.769. The Bertz CT molecular complexity index is 579. The molecule has 0 unspecified atom stereocenters. The second kappa shape index (κ2) is 6.20. The van der Waals surface area contributed by atoms with Crippen molar-refractivity contribution < 1.29 is 8.42 Å². The highest BCUT2D eigenvalue weighted by atomic mass is 32.2. The largest absolute Gasteiger partial charge is 0.314 e. The topological polar surface area (TPSA) is 74.3 Å². The Morgan fingerprint density at radius 3 is 2.81 bits per heavy atom. The number of rotatable bonds is 9. The Morgan fingerprint density at radius 2 is 2.14 bits per heavy atom. The van der Waals surface area contributed by atoms with E-state index in [9.17, 15) is 8.42 Å². The first-order chi connectivity index (χ1) is 10.0. The van der Waals surface area contributed by atoms with E-state index >= 15 is 0 Å². The van der Waals surface area contributed by atoms with E-state index in [0.717, 1.165) is 18.7 Å². The van der Waals surface area contributed by atoms with Crippen molar-refractivity contribution in [3.8, 4) is 0 Å². The van der Waals surface area contributed by atoms with Gasteiger partial charge in [0, 0.05) is 30.9 Å². The molecular formula is C13H22N4O2S2. The Kier molecular flexibility index (Phi) is 4.49. The normalized spacial score (nSPS) is 19.1. The third-order valence-electron chi connectivity index (χ3n) is 3.80. The molecule has 2 aliphatic rings. The van der Waals surface area contributed by atoms with E-state index in [1.807, 2.05) is 5.38 Å². The van der Waals surface area contributed by atoms with Crippen LogP contribution in [0.1, 0.15) is 43.7 Å².